The Labute approximate surface area is 110 Å². The summed E-state index contributed by atoms with van der Waals surface area (Å²) in [6.45, 7) is 2.65. The third-order valence-corrected chi connectivity index (χ3v) is 3.15. The summed E-state index contributed by atoms with van der Waals surface area (Å²) < 4.78 is 18.0. The van der Waals surface area contributed by atoms with E-state index in [0.29, 0.717) is 6.61 Å². The summed E-state index contributed by atoms with van der Waals surface area (Å²) >= 11 is 3.39. The van der Waals surface area contributed by atoms with Crippen LogP contribution in [0.15, 0.2) is 28.7 Å². The molecule has 0 bridgehead atoms. The highest BCUT2D eigenvalue weighted by atomic mass is 79.9. The van der Waals surface area contributed by atoms with Gasteiger partial charge in [-0.3, -0.25) is 0 Å². The van der Waals surface area contributed by atoms with E-state index in [1.807, 2.05) is 31.2 Å². The molecule has 2 atom stereocenters. The predicted octanol–water partition coefficient (Wildman–Crippen LogP) is 3.72. The molecular formula is C13H17BrO3. The van der Waals surface area contributed by atoms with E-state index in [9.17, 15) is 0 Å². The summed E-state index contributed by atoms with van der Waals surface area (Å²) in [6, 6.07) is 7.77. The van der Waals surface area contributed by atoms with Gasteiger partial charge in [-0.15, -0.1) is 0 Å². The maximum atomic E-state index is 5.76. The van der Waals surface area contributed by atoms with E-state index in [0.717, 1.165) is 29.5 Å². The SMILES string of the molecule is CCOC1CCCC(Oc2ccc(Br)cc2)O1. The van der Waals surface area contributed by atoms with E-state index < -0.39 is 0 Å². The zero-order valence-electron chi connectivity index (χ0n) is 9.90. The first-order chi connectivity index (χ1) is 8.28. The zero-order valence-corrected chi connectivity index (χ0v) is 11.5. The van der Waals surface area contributed by atoms with Gasteiger partial charge in [-0.05, 0) is 44.0 Å². The van der Waals surface area contributed by atoms with Crippen molar-refractivity contribution >= 4 is 15.9 Å². The molecule has 0 N–H and O–H groups in total. The number of benzene rings is 1. The quantitative estimate of drug-likeness (QED) is 0.848. The fraction of sp³-hybridized carbons (Fsp3) is 0.538. The Morgan fingerprint density at radius 3 is 2.65 bits per heavy atom. The first-order valence-corrected chi connectivity index (χ1v) is 6.76. The van der Waals surface area contributed by atoms with Crippen LogP contribution in [0.1, 0.15) is 26.2 Å². The molecule has 2 rings (SSSR count). The second-order valence-corrected chi connectivity index (χ2v) is 4.87. The van der Waals surface area contributed by atoms with Crippen molar-refractivity contribution < 1.29 is 14.2 Å². The minimum absolute atomic E-state index is 0.116. The van der Waals surface area contributed by atoms with Crippen LogP contribution in [0.2, 0.25) is 0 Å². The fourth-order valence-corrected chi connectivity index (χ4v) is 2.08. The molecule has 3 nitrogen and oxygen atoms in total. The summed E-state index contributed by atoms with van der Waals surface area (Å²) in [4.78, 5) is 0. The largest absolute Gasteiger partial charge is 0.465 e. The number of hydrogen-bond donors (Lipinski definition) is 0. The van der Waals surface area contributed by atoms with Crippen LogP contribution in [0.25, 0.3) is 0 Å². The van der Waals surface area contributed by atoms with Gasteiger partial charge in [-0.25, -0.2) is 0 Å². The molecule has 1 aromatic carbocycles. The molecule has 0 radical (unpaired) electrons. The number of halogens is 1. The van der Waals surface area contributed by atoms with Gasteiger partial charge in [-0.1, -0.05) is 15.9 Å². The Morgan fingerprint density at radius 1 is 1.24 bits per heavy atom. The molecule has 1 heterocycles. The van der Waals surface area contributed by atoms with Crippen LogP contribution in [-0.4, -0.2) is 19.2 Å². The van der Waals surface area contributed by atoms with Crippen molar-refractivity contribution in [1.29, 1.82) is 0 Å². The van der Waals surface area contributed by atoms with Crippen LogP contribution >= 0.6 is 15.9 Å². The number of hydrogen-bond acceptors (Lipinski definition) is 3. The van der Waals surface area contributed by atoms with E-state index in [1.165, 1.54) is 0 Å². The van der Waals surface area contributed by atoms with E-state index >= 15 is 0 Å². The van der Waals surface area contributed by atoms with Gasteiger partial charge in [0.15, 0.2) is 6.29 Å². The van der Waals surface area contributed by atoms with Crippen molar-refractivity contribution in [3.05, 3.63) is 28.7 Å². The fourth-order valence-electron chi connectivity index (χ4n) is 1.82. The average molecular weight is 301 g/mol. The molecular weight excluding hydrogens is 284 g/mol. The molecule has 0 amide bonds. The number of rotatable bonds is 4. The third-order valence-electron chi connectivity index (χ3n) is 2.62. The molecule has 1 aromatic rings. The lowest BCUT2D eigenvalue weighted by molar-refractivity contribution is -0.240. The molecule has 1 aliphatic heterocycles. The molecule has 1 saturated heterocycles. The van der Waals surface area contributed by atoms with Crippen LogP contribution in [0.5, 0.6) is 5.75 Å². The summed E-state index contributed by atoms with van der Waals surface area (Å²) in [5, 5.41) is 0. The summed E-state index contributed by atoms with van der Waals surface area (Å²) in [5.74, 6) is 0.829. The average Bonchev–Trinajstić information content (AvgIpc) is 2.33. The monoisotopic (exact) mass is 300 g/mol. The van der Waals surface area contributed by atoms with Crippen LogP contribution in [0.3, 0.4) is 0 Å². The molecule has 1 fully saturated rings. The van der Waals surface area contributed by atoms with Gasteiger partial charge in [0.1, 0.15) is 5.75 Å². The Kier molecular flexibility index (Phi) is 4.83. The first-order valence-electron chi connectivity index (χ1n) is 5.97. The van der Waals surface area contributed by atoms with Gasteiger partial charge in [-0.2, -0.15) is 0 Å². The predicted molar refractivity (Wildman–Crippen MR) is 68.9 cm³/mol. The van der Waals surface area contributed by atoms with E-state index in [1.54, 1.807) is 0 Å². The van der Waals surface area contributed by atoms with Gasteiger partial charge >= 0.3 is 0 Å². The number of ether oxygens (including phenoxy) is 3. The highest BCUT2D eigenvalue weighted by molar-refractivity contribution is 9.10. The van der Waals surface area contributed by atoms with Gasteiger partial charge in [0.05, 0.1) is 0 Å². The van der Waals surface area contributed by atoms with Gasteiger partial charge < -0.3 is 14.2 Å². The molecule has 0 aliphatic carbocycles. The molecule has 17 heavy (non-hydrogen) atoms. The lowest BCUT2D eigenvalue weighted by Gasteiger charge is -2.29. The summed E-state index contributed by atoms with van der Waals surface area (Å²) in [6.07, 6.45) is 2.63. The minimum atomic E-state index is -0.193. The van der Waals surface area contributed by atoms with Crippen LogP contribution in [0, 0.1) is 0 Å². The lowest BCUT2D eigenvalue weighted by Crippen LogP contribution is -2.33. The van der Waals surface area contributed by atoms with Crippen molar-refractivity contribution in [3.8, 4) is 5.75 Å². The Bertz CT molecular complexity index is 337. The van der Waals surface area contributed by atoms with Gasteiger partial charge in [0, 0.05) is 17.5 Å². The van der Waals surface area contributed by atoms with Crippen molar-refractivity contribution in [2.75, 3.05) is 6.61 Å². The second-order valence-electron chi connectivity index (χ2n) is 3.95. The molecule has 1 aliphatic rings. The smallest absolute Gasteiger partial charge is 0.202 e. The lowest BCUT2D eigenvalue weighted by atomic mass is 10.2. The minimum Gasteiger partial charge on any atom is -0.465 e. The van der Waals surface area contributed by atoms with E-state index in [2.05, 4.69) is 15.9 Å². The molecule has 94 valence electrons. The Morgan fingerprint density at radius 2 is 1.94 bits per heavy atom. The van der Waals surface area contributed by atoms with Crippen molar-refractivity contribution in [2.45, 2.75) is 38.8 Å². The second kappa shape index (κ2) is 6.38. The highest BCUT2D eigenvalue weighted by Crippen LogP contribution is 2.24. The molecule has 2 unspecified atom stereocenters. The normalized spacial score (nSPS) is 24.6. The zero-order chi connectivity index (χ0) is 12.1. The highest BCUT2D eigenvalue weighted by Gasteiger charge is 2.23. The van der Waals surface area contributed by atoms with Crippen molar-refractivity contribution in [3.63, 3.8) is 0 Å². The van der Waals surface area contributed by atoms with E-state index in [-0.39, 0.29) is 12.6 Å². The molecule has 4 heteroatoms. The van der Waals surface area contributed by atoms with Crippen LogP contribution in [0.4, 0.5) is 0 Å². The Balaban J connectivity index is 1.87. The molecule has 0 aromatic heterocycles. The van der Waals surface area contributed by atoms with Crippen molar-refractivity contribution in [1.82, 2.24) is 0 Å². The first kappa shape index (κ1) is 12.9. The third kappa shape index (κ3) is 3.98. The molecule has 0 saturated carbocycles. The van der Waals surface area contributed by atoms with Gasteiger partial charge in [0.25, 0.3) is 0 Å². The topological polar surface area (TPSA) is 27.7 Å². The van der Waals surface area contributed by atoms with Crippen molar-refractivity contribution in [2.24, 2.45) is 0 Å². The van der Waals surface area contributed by atoms with Crippen LogP contribution < -0.4 is 4.74 Å². The maximum Gasteiger partial charge on any atom is 0.202 e. The summed E-state index contributed by atoms with van der Waals surface area (Å²) in [5.41, 5.74) is 0. The molecule has 0 spiro atoms. The standard InChI is InChI=1S/C13H17BrO3/c1-2-15-12-4-3-5-13(17-12)16-11-8-6-10(14)7-9-11/h6-9,12-13H,2-5H2,1H3. The Hall–Kier alpha value is -0.580. The summed E-state index contributed by atoms with van der Waals surface area (Å²) in [7, 11) is 0. The maximum absolute atomic E-state index is 5.76. The van der Waals surface area contributed by atoms with Gasteiger partial charge in [0.2, 0.25) is 6.29 Å². The van der Waals surface area contributed by atoms with E-state index in [4.69, 9.17) is 14.2 Å². The van der Waals surface area contributed by atoms with Crippen LogP contribution in [-0.2, 0) is 9.47 Å².